The number of hydrogen-bond acceptors (Lipinski definition) is 9. The van der Waals surface area contributed by atoms with Gasteiger partial charge in [-0.3, -0.25) is 24.1 Å². The molecule has 0 bridgehead atoms. The van der Waals surface area contributed by atoms with Gasteiger partial charge in [0.2, 0.25) is 7.37 Å². The quantitative estimate of drug-likeness (QED) is 0.213. The van der Waals surface area contributed by atoms with Crippen molar-refractivity contribution < 1.29 is 39.4 Å². The van der Waals surface area contributed by atoms with Gasteiger partial charge in [-0.1, -0.05) is 0 Å². The molecule has 0 radical (unpaired) electrons. The van der Waals surface area contributed by atoms with E-state index in [0.29, 0.717) is 51.8 Å². The molecule has 1 fully saturated rings. The van der Waals surface area contributed by atoms with Crippen LogP contribution in [0.2, 0.25) is 0 Å². The topological polar surface area (TPSA) is 165 Å². The van der Waals surface area contributed by atoms with E-state index in [1.54, 1.807) is 4.90 Å². The van der Waals surface area contributed by atoms with Crippen LogP contribution in [0.15, 0.2) is 0 Å². The molecule has 166 valence electrons. The first-order chi connectivity index (χ1) is 13.1. The summed E-state index contributed by atoms with van der Waals surface area (Å²) in [7, 11) is -6.69. The summed E-state index contributed by atoms with van der Waals surface area (Å²) in [4.78, 5) is 46.1. The van der Waals surface area contributed by atoms with Gasteiger partial charge in [0, 0.05) is 58.0 Å². The van der Waals surface area contributed by atoms with Crippen molar-refractivity contribution in [1.29, 1.82) is 0 Å². The van der Waals surface area contributed by atoms with Crippen LogP contribution in [0.25, 0.3) is 0 Å². The molecule has 28 heavy (non-hydrogen) atoms. The Labute approximate surface area is 167 Å². The van der Waals surface area contributed by atoms with Gasteiger partial charge in [0.25, 0.3) is 0 Å². The highest BCUT2D eigenvalue weighted by molar-refractivity contribution is 7.57. The number of nitrogens with zero attached hydrogens (tertiary/aromatic N) is 3. The third-order valence-electron chi connectivity index (χ3n) is 4.35. The predicted molar refractivity (Wildman–Crippen MR) is 109 cm³/mol. The molecule has 0 aromatic rings. The lowest BCUT2D eigenvalue weighted by Gasteiger charge is -2.28. The van der Waals surface area contributed by atoms with Crippen LogP contribution < -0.4 is 0 Å². The summed E-state index contributed by atoms with van der Waals surface area (Å²) in [6.07, 6.45) is -0.737. The number of aliphatic hydroxyl groups excluding tert-OH is 2. The van der Waals surface area contributed by atoms with Gasteiger partial charge in [0.1, 0.15) is 0 Å². The molecule has 11 nitrogen and oxygen atoms in total. The Balaban J connectivity index is 2.78. The highest BCUT2D eigenvalue weighted by Crippen LogP contribution is 2.41. The number of aliphatic hydroxyl groups is 2. The summed E-state index contributed by atoms with van der Waals surface area (Å²) in [5.41, 5.74) is 0. The zero-order valence-corrected chi connectivity index (χ0v) is 18.6. The molecule has 0 saturated carbocycles. The fourth-order valence-electron chi connectivity index (χ4n) is 2.81. The summed E-state index contributed by atoms with van der Waals surface area (Å²) >= 11 is 0. The summed E-state index contributed by atoms with van der Waals surface area (Å²) in [6.45, 7) is 3.18. The Morgan fingerprint density at radius 1 is 0.857 bits per heavy atom. The monoisotopic (exact) mass is 463 g/mol. The van der Waals surface area contributed by atoms with E-state index in [1.807, 2.05) is 9.80 Å². The average molecular weight is 463 g/mol. The van der Waals surface area contributed by atoms with Gasteiger partial charge in [0.05, 0.1) is 41.7 Å². The molecule has 1 aliphatic heterocycles. The molecule has 0 aliphatic carbocycles. The van der Waals surface area contributed by atoms with Crippen LogP contribution in [0.3, 0.4) is 0 Å². The molecule has 1 saturated heterocycles. The summed E-state index contributed by atoms with van der Waals surface area (Å²) in [6, 6.07) is 0. The Kier molecular flexibility index (Phi) is 12.7. The van der Waals surface area contributed by atoms with Crippen LogP contribution in [-0.2, 0) is 9.36 Å². The maximum Gasteiger partial charge on any atom is 0.303 e. The fraction of sp³-hybridized carbons (Fsp3) is 0.929. The van der Waals surface area contributed by atoms with Crippen LogP contribution >= 0.6 is 23.7 Å². The number of carboxylic acids is 1. The normalized spacial score (nSPS) is 22.6. The lowest BCUT2D eigenvalue weighted by Crippen LogP contribution is -2.37. The molecule has 1 aliphatic rings. The Hall–Kier alpha value is 0.240. The highest BCUT2D eigenvalue weighted by Gasteiger charge is 2.26. The molecule has 1 rings (SSSR count). The smallest absolute Gasteiger partial charge is 0.303 e. The first kappa shape index (κ1) is 26.3. The molecule has 3 atom stereocenters. The van der Waals surface area contributed by atoms with Crippen molar-refractivity contribution in [2.75, 3.05) is 77.0 Å². The standard InChI is InChI=1S/C14H32N3O8P3/c18-12-26(22)9-15-2-3-16(10-27(23)13-19)5-7-17(6-4-15)11-28(24,25)8-1-14(20)21/h18-19,22-23H,1-13H2,(H,20,21)(H,24,25). The zero-order valence-electron chi connectivity index (χ0n) is 15.9. The Bertz CT molecular complexity index is 494. The number of carbonyl (C=O) groups is 1. The van der Waals surface area contributed by atoms with E-state index in [1.165, 1.54) is 0 Å². The molecular formula is C14H32N3O8P3. The number of hydrogen-bond donors (Lipinski definition) is 6. The molecule has 14 heteroatoms. The summed E-state index contributed by atoms with van der Waals surface area (Å²) < 4.78 is 12.4. The van der Waals surface area contributed by atoms with Crippen LogP contribution in [0, 0.1) is 0 Å². The molecule has 3 unspecified atom stereocenters. The van der Waals surface area contributed by atoms with Crippen LogP contribution in [-0.4, -0.2) is 128 Å². The van der Waals surface area contributed by atoms with E-state index >= 15 is 0 Å². The summed E-state index contributed by atoms with van der Waals surface area (Å²) in [5, 5.41) is 27.0. The zero-order chi connectivity index (χ0) is 21.2. The number of carboxylic acid groups (broad SMARTS) is 1. The fourth-order valence-corrected chi connectivity index (χ4v) is 6.07. The van der Waals surface area contributed by atoms with Gasteiger partial charge in [-0.25, -0.2) is 0 Å². The van der Waals surface area contributed by atoms with E-state index in [9.17, 15) is 24.0 Å². The first-order valence-corrected chi connectivity index (χ1v) is 14.3. The Morgan fingerprint density at radius 2 is 1.25 bits per heavy atom. The van der Waals surface area contributed by atoms with Crippen molar-refractivity contribution in [1.82, 2.24) is 14.7 Å². The van der Waals surface area contributed by atoms with Crippen molar-refractivity contribution in [3.8, 4) is 0 Å². The van der Waals surface area contributed by atoms with Crippen molar-refractivity contribution in [3.05, 3.63) is 0 Å². The minimum absolute atomic E-state index is 0.121. The van der Waals surface area contributed by atoms with Crippen LogP contribution in [0.5, 0.6) is 0 Å². The van der Waals surface area contributed by atoms with Gasteiger partial charge in [-0.05, 0) is 0 Å². The molecule has 6 N–H and O–H groups in total. The van der Waals surface area contributed by atoms with E-state index < -0.39 is 29.6 Å². The number of aliphatic carboxylic acids is 1. The van der Waals surface area contributed by atoms with Crippen molar-refractivity contribution in [2.45, 2.75) is 6.42 Å². The van der Waals surface area contributed by atoms with Crippen molar-refractivity contribution in [3.63, 3.8) is 0 Å². The van der Waals surface area contributed by atoms with E-state index in [-0.39, 0.29) is 31.6 Å². The molecule has 0 aromatic heterocycles. The maximum absolute atomic E-state index is 12.4. The third kappa shape index (κ3) is 11.4. The lowest BCUT2D eigenvalue weighted by molar-refractivity contribution is -0.136. The van der Waals surface area contributed by atoms with Gasteiger partial charge in [0.15, 0.2) is 0 Å². The van der Waals surface area contributed by atoms with Gasteiger partial charge < -0.3 is 30.0 Å². The summed E-state index contributed by atoms with van der Waals surface area (Å²) in [5.74, 6) is -1.11. The van der Waals surface area contributed by atoms with Gasteiger partial charge in [-0.2, -0.15) is 0 Å². The van der Waals surface area contributed by atoms with Crippen molar-refractivity contribution in [2.24, 2.45) is 0 Å². The third-order valence-corrected chi connectivity index (χ3v) is 8.22. The molecule has 1 heterocycles. The van der Waals surface area contributed by atoms with E-state index in [2.05, 4.69) is 0 Å². The minimum Gasteiger partial charge on any atom is -0.481 e. The lowest BCUT2D eigenvalue weighted by atomic mass is 10.5. The second kappa shape index (κ2) is 13.5. The van der Waals surface area contributed by atoms with Crippen LogP contribution in [0.4, 0.5) is 0 Å². The molecular weight excluding hydrogens is 431 g/mol. The van der Waals surface area contributed by atoms with Crippen molar-refractivity contribution >= 4 is 29.6 Å². The SMILES string of the molecule is O=C(O)CCP(=O)(O)CN1CCN(CP(O)CO)CCN(CP(O)CO)CC1. The molecule has 0 amide bonds. The van der Waals surface area contributed by atoms with E-state index in [0.717, 1.165) is 0 Å². The highest BCUT2D eigenvalue weighted by atomic mass is 31.2. The largest absolute Gasteiger partial charge is 0.481 e. The van der Waals surface area contributed by atoms with Crippen LogP contribution in [0.1, 0.15) is 6.42 Å². The molecule has 0 spiro atoms. The minimum atomic E-state index is -3.63. The van der Waals surface area contributed by atoms with Gasteiger partial charge >= 0.3 is 5.97 Å². The number of rotatable bonds is 11. The Morgan fingerprint density at radius 3 is 1.61 bits per heavy atom. The first-order valence-electron chi connectivity index (χ1n) is 8.94. The predicted octanol–water partition coefficient (Wildman–Crippen LogP) is -0.798. The second-order valence-electron chi connectivity index (χ2n) is 6.79. The van der Waals surface area contributed by atoms with E-state index in [4.69, 9.17) is 15.3 Å². The molecule has 0 aromatic carbocycles. The van der Waals surface area contributed by atoms with Gasteiger partial charge in [-0.15, -0.1) is 0 Å². The maximum atomic E-state index is 12.4. The second-order valence-corrected chi connectivity index (χ2v) is 12.4. The average Bonchev–Trinajstić information content (AvgIpc) is 2.72.